The normalized spacial score (nSPS) is 24.6. The molecule has 2 unspecified atom stereocenters. The lowest BCUT2D eigenvalue weighted by molar-refractivity contribution is 0.336. The molecule has 3 nitrogen and oxygen atoms in total. The lowest BCUT2D eigenvalue weighted by Gasteiger charge is -2.36. The maximum atomic E-state index is 5.78. The van der Waals surface area contributed by atoms with E-state index >= 15 is 0 Å². The molecule has 1 aromatic heterocycles. The van der Waals surface area contributed by atoms with Gasteiger partial charge in [0, 0.05) is 43.3 Å². The van der Waals surface area contributed by atoms with Crippen molar-refractivity contribution >= 4 is 5.69 Å². The number of pyridine rings is 1. The Hall–Kier alpha value is -1.09. The van der Waals surface area contributed by atoms with E-state index in [1.807, 2.05) is 12.4 Å². The molecule has 0 aliphatic heterocycles. The maximum Gasteiger partial charge on any atom is 0.0442 e. The minimum Gasteiger partial charge on any atom is -0.371 e. The first-order valence-electron chi connectivity index (χ1n) is 6.58. The fraction of sp³-hybridized carbons (Fsp3) is 0.643. The van der Waals surface area contributed by atoms with Gasteiger partial charge in [0.15, 0.2) is 0 Å². The Bertz CT molecular complexity index is 364. The van der Waals surface area contributed by atoms with Crippen molar-refractivity contribution in [2.75, 3.05) is 11.9 Å². The zero-order valence-corrected chi connectivity index (χ0v) is 10.9. The van der Waals surface area contributed by atoms with Gasteiger partial charge in [0.1, 0.15) is 0 Å². The predicted octanol–water partition coefficient (Wildman–Crippen LogP) is 2.56. The number of nitrogens with zero attached hydrogens (tertiary/aromatic N) is 2. The highest BCUT2D eigenvalue weighted by molar-refractivity contribution is 5.52. The Morgan fingerprint density at radius 1 is 1.47 bits per heavy atom. The van der Waals surface area contributed by atoms with Gasteiger partial charge in [0.25, 0.3) is 0 Å². The van der Waals surface area contributed by atoms with E-state index in [2.05, 4.69) is 29.9 Å². The van der Waals surface area contributed by atoms with E-state index in [0.29, 0.717) is 12.6 Å². The molecule has 17 heavy (non-hydrogen) atoms. The monoisotopic (exact) mass is 233 g/mol. The molecular formula is C14H23N3. The van der Waals surface area contributed by atoms with Gasteiger partial charge in [-0.05, 0) is 24.8 Å². The average molecular weight is 233 g/mol. The second-order valence-electron chi connectivity index (χ2n) is 5.25. The molecule has 1 fully saturated rings. The highest BCUT2D eigenvalue weighted by Crippen LogP contribution is 2.30. The van der Waals surface area contributed by atoms with E-state index in [1.165, 1.54) is 31.4 Å². The Balaban J connectivity index is 2.15. The second kappa shape index (κ2) is 5.50. The van der Waals surface area contributed by atoms with Crippen LogP contribution in [-0.2, 0) is 6.54 Å². The number of rotatable bonds is 3. The average Bonchev–Trinajstić information content (AvgIpc) is 2.38. The zero-order valence-electron chi connectivity index (χ0n) is 10.9. The van der Waals surface area contributed by atoms with Crippen LogP contribution >= 0.6 is 0 Å². The van der Waals surface area contributed by atoms with Crippen molar-refractivity contribution in [3.8, 4) is 0 Å². The number of nitrogens with two attached hydrogens (primary N) is 1. The standard InChI is InChI=1S/C14H23N3/c1-11-4-3-5-13(8-11)17(2)14-6-7-16-10-12(14)9-15/h6-7,10-11,13H,3-5,8-9,15H2,1-2H3. The summed E-state index contributed by atoms with van der Waals surface area (Å²) in [5.74, 6) is 0.847. The molecule has 0 aromatic carbocycles. The van der Waals surface area contributed by atoms with Crippen LogP contribution in [0.4, 0.5) is 5.69 Å². The van der Waals surface area contributed by atoms with Gasteiger partial charge in [-0.25, -0.2) is 0 Å². The summed E-state index contributed by atoms with van der Waals surface area (Å²) in [5.41, 5.74) is 8.18. The van der Waals surface area contributed by atoms with Gasteiger partial charge in [-0.1, -0.05) is 19.8 Å². The molecule has 1 aliphatic carbocycles. The maximum absolute atomic E-state index is 5.78. The minimum absolute atomic E-state index is 0.565. The highest BCUT2D eigenvalue weighted by Gasteiger charge is 2.23. The molecule has 1 heterocycles. The second-order valence-corrected chi connectivity index (χ2v) is 5.25. The van der Waals surface area contributed by atoms with Crippen molar-refractivity contribution < 1.29 is 0 Å². The molecular weight excluding hydrogens is 210 g/mol. The van der Waals surface area contributed by atoms with Crippen molar-refractivity contribution in [1.82, 2.24) is 4.98 Å². The molecule has 3 heteroatoms. The molecule has 0 saturated heterocycles. The van der Waals surface area contributed by atoms with E-state index in [4.69, 9.17) is 5.73 Å². The van der Waals surface area contributed by atoms with Gasteiger partial charge in [0.2, 0.25) is 0 Å². The minimum atomic E-state index is 0.565. The van der Waals surface area contributed by atoms with Gasteiger partial charge in [-0.2, -0.15) is 0 Å². The van der Waals surface area contributed by atoms with Crippen LogP contribution in [0.25, 0.3) is 0 Å². The van der Waals surface area contributed by atoms with Crippen molar-refractivity contribution in [2.24, 2.45) is 11.7 Å². The third-order valence-electron chi connectivity index (χ3n) is 3.93. The molecule has 2 N–H and O–H groups in total. The fourth-order valence-corrected chi connectivity index (χ4v) is 2.87. The molecule has 0 amide bonds. The molecule has 94 valence electrons. The molecule has 0 radical (unpaired) electrons. The first-order valence-corrected chi connectivity index (χ1v) is 6.58. The van der Waals surface area contributed by atoms with Crippen molar-refractivity contribution in [3.05, 3.63) is 24.0 Å². The molecule has 0 bridgehead atoms. The Kier molecular flexibility index (Phi) is 4.00. The van der Waals surface area contributed by atoms with Crippen molar-refractivity contribution in [1.29, 1.82) is 0 Å². The van der Waals surface area contributed by atoms with Crippen LogP contribution in [-0.4, -0.2) is 18.1 Å². The summed E-state index contributed by atoms with van der Waals surface area (Å²) in [4.78, 5) is 6.55. The van der Waals surface area contributed by atoms with E-state index in [-0.39, 0.29) is 0 Å². The number of aromatic nitrogens is 1. The lowest BCUT2D eigenvalue weighted by Crippen LogP contribution is -2.36. The van der Waals surface area contributed by atoms with Crippen molar-refractivity contribution in [3.63, 3.8) is 0 Å². The number of hydrogen-bond acceptors (Lipinski definition) is 3. The summed E-state index contributed by atoms with van der Waals surface area (Å²) in [6, 6.07) is 2.74. The molecule has 1 aliphatic rings. The van der Waals surface area contributed by atoms with E-state index in [0.717, 1.165) is 11.5 Å². The first-order chi connectivity index (χ1) is 8.22. The summed E-state index contributed by atoms with van der Waals surface area (Å²) < 4.78 is 0. The van der Waals surface area contributed by atoms with E-state index in [9.17, 15) is 0 Å². The van der Waals surface area contributed by atoms with Crippen LogP contribution in [0.3, 0.4) is 0 Å². The lowest BCUT2D eigenvalue weighted by atomic mass is 9.86. The topological polar surface area (TPSA) is 42.2 Å². The largest absolute Gasteiger partial charge is 0.371 e. The van der Waals surface area contributed by atoms with Crippen LogP contribution in [0.2, 0.25) is 0 Å². The van der Waals surface area contributed by atoms with Gasteiger partial charge in [-0.15, -0.1) is 0 Å². The molecule has 1 saturated carbocycles. The van der Waals surface area contributed by atoms with Gasteiger partial charge >= 0.3 is 0 Å². The third-order valence-corrected chi connectivity index (χ3v) is 3.93. The smallest absolute Gasteiger partial charge is 0.0442 e. The Labute approximate surface area is 104 Å². The van der Waals surface area contributed by atoms with Crippen molar-refractivity contribution in [2.45, 2.75) is 45.2 Å². The predicted molar refractivity (Wildman–Crippen MR) is 72.0 cm³/mol. The summed E-state index contributed by atoms with van der Waals surface area (Å²) in [5, 5.41) is 0. The van der Waals surface area contributed by atoms with Gasteiger partial charge < -0.3 is 10.6 Å². The molecule has 0 spiro atoms. The summed E-state index contributed by atoms with van der Waals surface area (Å²) in [6.45, 7) is 2.92. The summed E-state index contributed by atoms with van der Waals surface area (Å²) in [6.07, 6.45) is 9.06. The number of hydrogen-bond donors (Lipinski definition) is 1. The fourth-order valence-electron chi connectivity index (χ4n) is 2.87. The van der Waals surface area contributed by atoms with E-state index in [1.54, 1.807) is 0 Å². The Morgan fingerprint density at radius 2 is 2.29 bits per heavy atom. The van der Waals surface area contributed by atoms with Crippen LogP contribution in [0, 0.1) is 5.92 Å². The van der Waals surface area contributed by atoms with Crippen LogP contribution in [0.5, 0.6) is 0 Å². The van der Waals surface area contributed by atoms with Gasteiger partial charge in [-0.3, -0.25) is 4.98 Å². The van der Waals surface area contributed by atoms with Crippen LogP contribution in [0.1, 0.15) is 38.2 Å². The van der Waals surface area contributed by atoms with Crippen LogP contribution in [0.15, 0.2) is 18.5 Å². The highest BCUT2D eigenvalue weighted by atomic mass is 15.1. The Morgan fingerprint density at radius 3 is 3.00 bits per heavy atom. The van der Waals surface area contributed by atoms with E-state index < -0.39 is 0 Å². The number of anilines is 1. The summed E-state index contributed by atoms with van der Waals surface area (Å²) >= 11 is 0. The first kappa shape index (κ1) is 12.4. The summed E-state index contributed by atoms with van der Waals surface area (Å²) in [7, 11) is 2.19. The molecule has 1 aromatic rings. The SMILES string of the molecule is CC1CCCC(N(C)c2ccncc2CN)C1. The van der Waals surface area contributed by atoms with Crippen LogP contribution < -0.4 is 10.6 Å². The van der Waals surface area contributed by atoms with Gasteiger partial charge in [0.05, 0.1) is 0 Å². The quantitative estimate of drug-likeness (QED) is 0.872. The zero-order chi connectivity index (χ0) is 12.3. The molecule has 2 rings (SSSR count). The molecule has 2 atom stereocenters. The third kappa shape index (κ3) is 2.78.